The van der Waals surface area contributed by atoms with Gasteiger partial charge in [0.1, 0.15) is 0 Å². The Bertz CT molecular complexity index is 788. The first kappa shape index (κ1) is 14.4. The molecule has 0 aliphatic heterocycles. The van der Waals surface area contributed by atoms with E-state index in [2.05, 4.69) is 46.4 Å². The third-order valence-electron chi connectivity index (χ3n) is 3.30. The van der Waals surface area contributed by atoms with Gasteiger partial charge in [-0.15, -0.1) is 0 Å². The van der Waals surface area contributed by atoms with Crippen LogP contribution in [0.1, 0.15) is 6.92 Å². The molecule has 0 atom stereocenters. The first-order chi connectivity index (χ1) is 10.2. The summed E-state index contributed by atoms with van der Waals surface area (Å²) in [5, 5.41) is 5.08. The minimum absolute atomic E-state index is 0.658. The van der Waals surface area contributed by atoms with Crippen molar-refractivity contribution in [3.63, 3.8) is 0 Å². The van der Waals surface area contributed by atoms with Crippen LogP contribution in [0.3, 0.4) is 0 Å². The van der Waals surface area contributed by atoms with Gasteiger partial charge in [-0.25, -0.2) is 4.98 Å². The minimum Gasteiger partial charge on any atom is -0.385 e. The Morgan fingerprint density at radius 3 is 2.62 bits per heavy atom. The number of halogens is 2. The van der Waals surface area contributed by atoms with Gasteiger partial charge in [0.05, 0.1) is 16.2 Å². The summed E-state index contributed by atoms with van der Waals surface area (Å²) in [4.78, 5) is 4.75. The van der Waals surface area contributed by atoms with Crippen LogP contribution in [0.5, 0.6) is 0 Å². The molecule has 21 heavy (non-hydrogen) atoms. The molecule has 0 aliphatic rings. The maximum atomic E-state index is 6.35. The SMILES string of the molecule is CCNc1cc(-c2ccccc2)nc2c(Cl)ccc(Br)c12. The second kappa shape index (κ2) is 6.04. The first-order valence-electron chi connectivity index (χ1n) is 6.78. The van der Waals surface area contributed by atoms with Crippen molar-refractivity contribution in [2.45, 2.75) is 6.92 Å². The maximum absolute atomic E-state index is 6.35. The fourth-order valence-corrected chi connectivity index (χ4v) is 3.09. The Kier molecular flexibility index (Phi) is 4.13. The number of pyridine rings is 1. The van der Waals surface area contributed by atoms with Crippen molar-refractivity contribution in [3.05, 3.63) is 58.0 Å². The van der Waals surface area contributed by atoms with Gasteiger partial charge in [-0.2, -0.15) is 0 Å². The average Bonchev–Trinajstić information content (AvgIpc) is 2.52. The average molecular weight is 362 g/mol. The van der Waals surface area contributed by atoms with Gasteiger partial charge in [0.25, 0.3) is 0 Å². The molecule has 0 saturated heterocycles. The van der Waals surface area contributed by atoms with E-state index in [-0.39, 0.29) is 0 Å². The zero-order valence-electron chi connectivity index (χ0n) is 11.5. The van der Waals surface area contributed by atoms with Gasteiger partial charge < -0.3 is 5.32 Å². The summed E-state index contributed by atoms with van der Waals surface area (Å²) in [5.41, 5.74) is 3.84. The van der Waals surface area contributed by atoms with Crippen LogP contribution in [0.15, 0.2) is 53.0 Å². The number of fused-ring (bicyclic) bond motifs is 1. The molecule has 0 unspecified atom stereocenters. The van der Waals surface area contributed by atoms with E-state index in [1.807, 2.05) is 30.3 Å². The van der Waals surface area contributed by atoms with Crippen molar-refractivity contribution in [2.24, 2.45) is 0 Å². The molecular weight excluding hydrogens is 348 g/mol. The van der Waals surface area contributed by atoms with Crippen LogP contribution >= 0.6 is 27.5 Å². The van der Waals surface area contributed by atoms with Crippen LogP contribution in [0, 0.1) is 0 Å². The van der Waals surface area contributed by atoms with E-state index in [0.717, 1.165) is 38.9 Å². The molecule has 0 fully saturated rings. The predicted molar refractivity (Wildman–Crippen MR) is 94.1 cm³/mol. The summed E-state index contributed by atoms with van der Waals surface area (Å²) >= 11 is 9.94. The Balaban J connectivity index is 2.32. The molecule has 1 N–H and O–H groups in total. The van der Waals surface area contributed by atoms with Crippen molar-refractivity contribution >= 4 is 44.1 Å². The third kappa shape index (κ3) is 2.76. The summed E-state index contributed by atoms with van der Waals surface area (Å²) < 4.78 is 0.991. The summed E-state index contributed by atoms with van der Waals surface area (Å²) in [6.45, 7) is 2.92. The molecule has 3 aromatic rings. The highest BCUT2D eigenvalue weighted by atomic mass is 79.9. The van der Waals surface area contributed by atoms with Crippen LogP contribution < -0.4 is 5.32 Å². The number of nitrogens with one attached hydrogen (secondary N) is 1. The molecule has 106 valence electrons. The molecule has 0 saturated carbocycles. The van der Waals surface area contributed by atoms with Crippen LogP contribution in [0.2, 0.25) is 5.02 Å². The quantitative estimate of drug-likeness (QED) is 0.642. The Morgan fingerprint density at radius 2 is 1.90 bits per heavy atom. The molecule has 2 nitrogen and oxygen atoms in total. The van der Waals surface area contributed by atoms with Gasteiger partial charge in [-0.3, -0.25) is 0 Å². The second-order valence-corrected chi connectivity index (χ2v) is 5.97. The number of aromatic nitrogens is 1. The summed E-state index contributed by atoms with van der Waals surface area (Å²) in [6.07, 6.45) is 0. The van der Waals surface area contributed by atoms with Gasteiger partial charge >= 0.3 is 0 Å². The molecule has 0 amide bonds. The smallest absolute Gasteiger partial charge is 0.0927 e. The number of anilines is 1. The van der Waals surface area contributed by atoms with Crippen molar-refractivity contribution in [3.8, 4) is 11.3 Å². The van der Waals surface area contributed by atoms with Gasteiger partial charge in [0.2, 0.25) is 0 Å². The van der Waals surface area contributed by atoms with Gasteiger partial charge in [-0.05, 0) is 25.1 Å². The molecular formula is C17H14BrClN2. The Morgan fingerprint density at radius 1 is 1.14 bits per heavy atom. The molecule has 1 heterocycles. The number of hydrogen-bond donors (Lipinski definition) is 1. The highest BCUT2D eigenvalue weighted by Crippen LogP contribution is 2.36. The lowest BCUT2D eigenvalue weighted by molar-refractivity contribution is 1.21. The standard InChI is InChI=1S/C17H14BrClN2/c1-2-20-15-10-14(11-6-4-3-5-7-11)21-17-13(19)9-8-12(18)16(15)17/h3-10H,2H2,1H3,(H,20,21). The summed E-state index contributed by atoms with van der Waals surface area (Å²) in [5.74, 6) is 0. The Hall–Kier alpha value is -1.58. The molecule has 0 bridgehead atoms. The zero-order valence-corrected chi connectivity index (χ0v) is 13.9. The van der Waals surface area contributed by atoms with Gasteiger partial charge in [-0.1, -0.05) is 57.9 Å². The molecule has 4 heteroatoms. The van der Waals surface area contributed by atoms with Crippen LogP contribution in [-0.2, 0) is 0 Å². The van der Waals surface area contributed by atoms with Crippen molar-refractivity contribution in [1.82, 2.24) is 4.98 Å². The molecule has 2 aromatic carbocycles. The maximum Gasteiger partial charge on any atom is 0.0927 e. The van der Waals surface area contributed by atoms with E-state index >= 15 is 0 Å². The van der Waals surface area contributed by atoms with Gasteiger partial charge in [0, 0.05) is 27.7 Å². The lowest BCUT2D eigenvalue weighted by atomic mass is 10.1. The highest BCUT2D eigenvalue weighted by molar-refractivity contribution is 9.10. The van der Waals surface area contributed by atoms with Crippen LogP contribution in [0.25, 0.3) is 22.2 Å². The van der Waals surface area contributed by atoms with E-state index in [1.165, 1.54) is 0 Å². The summed E-state index contributed by atoms with van der Waals surface area (Å²) in [6, 6.07) is 16.0. The van der Waals surface area contributed by atoms with Crippen molar-refractivity contribution in [2.75, 3.05) is 11.9 Å². The van der Waals surface area contributed by atoms with Crippen LogP contribution in [0.4, 0.5) is 5.69 Å². The topological polar surface area (TPSA) is 24.9 Å². The second-order valence-electron chi connectivity index (χ2n) is 4.70. The van der Waals surface area contributed by atoms with Gasteiger partial charge in [0.15, 0.2) is 0 Å². The molecule has 0 aliphatic carbocycles. The number of benzene rings is 2. The van der Waals surface area contributed by atoms with E-state index in [9.17, 15) is 0 Å². The zero-order chi connectivity index (χ0) is 14.8. The Labute approximate surface area is 137 Å². The number of hydrogen-bond acceptors (Lipinski definition) is 2. The monoisotopic (exact) mass is 360 g/mol. The van der Waals surface area contributed by atoms with E-state index in [4.69, 9.17) is 16.6 Å². The predicted octanol–water partition coefficient (Wildman–Crippen LogP) is 5.75. The lowest BCUT2D eigenvalue weighted by Gasteiger charge is -2.13. The normalized spacial score (nSPS) is 10.8. The van der Waals surface area contributed by atoms with E-state index in [0.29, 0.717) is 5.02 Å². The molecule has 3 rings (SSSR count). The lowest BCUT2D eigenvalue weighted by Crippen LogP contribution is -2.00. The first-order valence-corrected chi connectivity index (χ1v) is 7.96. The van der Waals surface area contributed by atoms with Crippen LogP contribution in [-0.4, -0.2) is 11.5 Å². The van der Waals surface area contributed by atoms with E-state index < -0.39 is 0 Å². The van der Waals surface area contributed by atoms with E-state index in [1.54, 1.807) is 0 Å². The molecule has 0 spiro atoms. The number of rotatable bonds is 3. The fraction of sp³-hybridized carbons (Fsp3) is 0.118. The fourth-order valence-electron chi connectivity index (χ4n) is 2.35. The molecule has 0 radical (unpaired) electrons. The largest absolute Gasteiger partial charge is 0.385 e. The highest BCUT2D eigenvalue weighted by Gasteiger charge is 2.12. The summed E-state index contributed by atoms with van der Waals surface area (Å²) in [7, 11) is 0. The van der Waals surface area contributed by atoms with Crippen molar-refractivity contribution < 1.29 is 0 Å². The number of nitrogens with zero attached hydrogens (tertiary/aromatic N) is 1. The third-order valence-corrected chi connectivity index (χ3v) is 4.26. The molecule has 1 aromatic heterocycles. The van der Waals surface area contributed by atoms with Crippen molar-refractivity contribution in [1.29, 1.82) is 0 Å². The minimum atomic E-state index is 0.658.